The van der Waals surface area contributed by atoms with Crippen LogP contribution in [0.5, 0.6) is 0 Å². The van der Waals surface area contributed by atoms with E-state index in [-0.39, 0.29) is 11.2 Å². The van der Waals surface area contributed by atoms with E-state index in [2.05, 4.69) is 23.5 Å². The molecule has 2 aliphatic rings. The van der Waals surface area contributed by atoms with E-state index in [1.165, 1.54) is 48.8 Å². The number of hydrogen-bond acceptors (Lipinski definition) is 2. The first kappa shape index (κ1) is 17.9. The standard InChI is InChI=1S/C22H24ClNOS/c23-18-7-9-19(10-8-18)24-22(25)21-20-11-6-16(14-17(20)12-13-26-21)15-4-2-1-3-5-15/h6-11,14-15,21H,1-5,12-13H2,(H,24,25). The van der Waals surface area contributed by atoms with E-state index in [0.29, 0.717) is 10.9 Å². The summed E-state index contributed by atoms with van der Waals surface area (Å²) in [6, 6.07) is 14.2. The SMILES string of the molecule is O=C(Nc1ccc(Cl)cc1)C1SCCc2cc(C3CCCCC3)ccc21. The Balaban J connectivity index is 1.52. The molecule has 136 valence electrons. The van der Waals surface area contributed by atoms with Crippen molar-refractivity contribution >= 4 is 35.0 Å². The molecule has 1 N–H and O–H groups in total. The maximum atomic E-state index is 12.8. The summed E-state index contributed by atoms with van der Waals surface area (Å²) in [6.07, 6.45) is 7.77. The van der Waals surface area contributed by atoms with Gasteiger partial charge in [0.25, 0.3) is 0 Å². The Morgan fingerprint density at radius 2 is 1.81 bits per heavy atom. The van der Waals surface area contributed by atoms with Crippen molar-refractivity contribution in [1.29, 1.82) is 0 Å². The number of aryl methyl sites for hydroxylation is 1. The van der Waals surface area contributed by atoms with Crippen LogP contribution in [-0.4, -0.2) is 11.7 Å². The Morgan fingerprint density at radius 1 is 1.04 bits per heavy atom. The number of amides is 1. The van der Waals surface area contributed by atoms with E-state index in [1.54, 1.807) is 23.9 Å². The normalized spacial score (nSPS) is 20.4. The first-order chi connectivity index (χ1) is 12.7. The Morgan fingerprint density at radius 3 is 2.58 bits per heavy atom. The molecule has 1 aliphatic heterocycles. The van der Waals surface area contributed by atoms with Crippen LogP contribution in [0.2, 0.25) is 5.02 Å². The molecular weight excluding hydrogens is 362 g/mol. The van der Waals surface area contributed by atoms with Gasteiger partial charge in [0.15, 0.2) is 0 Å². The molecule has 1 fully saturated rings. The molecule has 26 heavy (non-hydrogen) atoms. The molecule has 2 aromatic rings. The fraction of sp³-hybridized carbons (Fsp3) is 0.409. The number of carbonyl (C=O) groups is 1. The van der Waals surface area contributed by atoms with Crippen molar-refractivity contribution in [3.63, 3.8) is 0 Å². The highest BCUT2D eigenvalue weighted by atomic mass is 35.5. The van der Waals surface area contributed by atoms with E-state index < -0.39 is 0 Å². The molecule has 0 saturated heterocycles. The average Bonchev–Trinajstić information content (AvgIpc) is 2.69. The molecule has 0 aromatic heterocycles. The van der Waals surface area contributed by atoms with Gasteiger partial charge >= 0.3 is 0 Å². The molecule has 1 heterocycles. The van der Waals surface area contributed by atoms with E-state index >= 15 is 0 Å². The molecule has 1 atom stereocenters. The summed E-state index contributed by atoms with van der Waals surface area (Å²) in [5.74, 6) is 1.77. The van der Waals surface area contributed by atoms with E-state index in [4.69, 9.17) is 11.6 Å². The lowest BCUT2D eigenvalue weighted by atomic mass is 9.82. The zero-order chi connectivity index (χ0) is 17.9. The van der Waals surface area contributed by atoms with Gasteiger partial charge in [0.2, 0.25) is 5.91 Å². The molecule has 0 spiro atoms. The van der Waals surface area contributed by atoms with Crippen LogP contribution in [0.3, 0.4) is 0 Å². The Kier molecular flexibility index (Phi) is 5.56. The van der Waals surface area contributed by atoms with Gasteiger partial charge < -0.3 is 5.32 Å². The molecule has 2 nitrogen and oxygen atoms in total. The number of thioether (sulfide) groups is 1. The fourth-order valence-corrected chi connectivity index (χ4v) is 5.44. The van der Waals surface area contributed by atoms with Crippen LogP contribution < -0.4 is 5.32 Å². The highest BCUT2D eigenvalue weighted by molar-refractivity contribution is 8.00. The molecule has 4 rings (SSSR count). The van der Waals surface area contributed by atoms with Gasteiger partial charge in [-0.05, 0) is 71.9 Å². The zero-order valence-corrected chi connectivity index (χ0v) is 16.4. The highest BCUT2D eigenvalue weighted by Gasteiger charge is 2.28. The number of nitrogens with one attached hydrogen (secondary N) is 1. The molecular formula is C22H24ClNOS. The molecule has 0 radical (unpaired) electrons. The lowest BCUT2D eigenvalue weighted by Crippen LogP contribution is -2.23. The molecule has 1 aliphatic carbocycles. The quantitative estimate of drug-likeness (QED) is 0.666. The van der Waals surface area contributed by atoms with E-state index in [0.717, 1.165) is 17.9 Å². The number of fused-ring (bicyclic) bond motifs is 1. The third-order valence-corrected chi connectivity index (χ3v) is 7.03. The smallest absolute Gasteiger partial charge is 0.242 e. The van der Waals surface area contributed by atoms with Crippen LogP contribution in [0, 0.1) is 0 Å². The van der Waals surface area contributed by atoms with Crippen molar-refractivity contribution in [1.82, 2.24) is 0 Å². The Bertz CT molecular complexity index is 783. The van der Waals surface area contributed by atoms with Gasteiger partial charge in [-0.15, -0.1) is 11.8 Å². The van der Waals surface area contributed by atoms with Crippen molar-refractivity contribution in [3.8, 4) is 0 Å². The van der Waals surface area contributed by atoms with Crippen LogP contribution in [-0.2, 0) is 11.2 Å². The number of anilines is 1. The maximum absolute atomic E-state index is 12.8. The van der Waals surface area contributed by atoms with Gasteiger partial charge in [-0.1, -0.05) is 49.1 Å². The Hall–Kier alpha value is -1.45. The fourth-order valence-electron chi connectivity index (χ4n) is 4.12. The number of benzene rings is 2. The highest BCUT2D eigenvalue weighted by Crippen LogP contribution is 2.40. The van der Waals surface area contributed by atoms with E-state index in [9.17, 15) is 4.79 Å². The lowest BCUT2D eigenvalue weighted by Gasteiger charge is -2.27. The van der Waals surface area contributed by atoms with Gasteiger partial charge in [-0.25, -0.2) is 0 Å². The third kappa shape index (κ3) is 3.94. The van der Waals surface area contributed by atoms with Gasteiger partial charge in [0.1, 0.15) is 5.25 Å². The van der Waals surface area contributed by atoms with Gasteiger partial charge in [0, 0.05) is 10.7 Å². The van der Waals surface area contributed by atoms with Crippen LogP contribution >= 0.6 is 23.4 Å². The molecule has 1 saturated carbocycles. The predicted molar refractivity (Wildman–Crippen MR) is 111 cm³/mol. The summed E-state index contributed by atoms with van der Waals surface area (Å²) in [5.41, 5.74) is 4.83. The third-order valence-electron chi connectivity index (χ3n) is 5.53. The first-order valence-corrected chi connectivity index (χ1v) is 10.9. The van der Waals surface area contributed by atoms with Gasteiger partial charge in [-0.2, -0.15) is 0 Å². The number of hydrogen-bond donors (Lipinski definition) is 1. The summed E-state index contributed by atoms with van der Waals surface area (Å²) in [4.78, 5) is 12.8. The van der Waals surface area contributed by atoms with Crippen LogP contribution in [0.15, 0.2) is 42.5 Å². The van der Waals surface area contributed by atoms with Crippen molar-refractivity contribution in [2.75, 3.05) is 11.1 Å². The van der Waals surface area contributed by atoms with Crippen molar-refractivity contribution < 1.29 is 4.79 Å². The molecule has 0 bridgehead atoms. The number of carbonyl (C=O) groups excluding carboxylic acids is 1. The monoisotopic (exact) mass is 385 g/mol. The van der Waals surface area contributed by atoms with Crippen LogP contribution in [0.4, 0.5) is 5.69 Å². The van der Waals surface area contributed by atoms with Crippen molar-refractivity contribution in [2.45, 2.75) is 49.7 Å². The number of halogens is 1. The summed E-state index contributed by atoms with van der Waals surface area (Å²) in [6.45, 7) is 0. The minimum absolute atomic E-state index is 0.0590. The van der Waals surface area contributed by atoms with E-state index in [1.807, 2.05) is 12.1 Å². The minimum atomic E-state index is -0.130. The summed E-state index contributed by atoms with van der Waals surface area (Å²) in [5, 5.41) is 3.59. The van der Waals surface area contributed by atoms with Gasteiger partial charge in [-0.3, -0.25) is 4.79 Å². The average molecular weight is 386 g/mol. The molecule has 1 amide bonds. The number of rotatable bonds is 3. The predicted octanol–water partition coefficient (Wildman–Crippen LogP) is 6.36. The van der Waals surface area contributed by atoms with Crippen LogP contribution in [0.25, 0.3) is 0 Å². The second-order valence-corrected chi connectivity index (χ2v) is 8.94. The molecule has 1 unspecified atom stereocenters. The molecule has 2 aromatic carbocycles. The first-order valence-electron chi connectivity index (χ1n) is 9.51. The lowest BCUT2D eigenvalue weighted by molar-refractivity contribution is -0.115. The summed E-state index contributed by atoms with van der Waals surface area (Å²) >= 11 is 7.67. The van der Waals surface area contributed by atoms with Crippen molar-refractivity contribution in [2.24, 2.45) is 0 Å². The molecule has 4 heteroatoms. The topological polar surface area (TPSA) is 29.1 Å². The van der Waals surface area contributed by atoms with Crippen LogP contribution in [0.1, 0.15) is 60.0 Å². The summed E-state index contributed by atoms with van der Waals surface area (Å²) in [7, 11) is 0. The second kappa shape index (κ2) is 8.06. The largest absolute Gasteiger partial charge is 0.325 e. The minimum Gasteiger partial charge on any atom is -0.325 e. The Labute approximate surface area is 164 Å². The summed E-state index contributed by atoms with van der Waals surface area (Å²) < 4.78 is 0. The maximum Gasteiger partial charge on any atom is 0.242 e. The second-order valence-electron chi connectivity index (χ2n) is 7.29. The zero-order valence-electron chi connectivity index (χ0n) is 14.8. The van der Waals surface area contributed by atoms with Crippen molar-refractivity contribution in [3.05, 3.63) is 64.2 Å². The van der Waals surface area contributed by atoms with Gasteiger partial charge in [0.05, 0.1) is 0 Å².